The van der Waals surface area contributed by atoms with Crippen molar-refractivity contribution in [3.05, 3.63) is 46.8 Å². The quantitative estimate of drug-likeness (QED) is 0.834. The first-order valence-corrected chi connectivity index (χ1v) is 5.55. The molecule has 0 heterocycles. The molecule has 0 aliphatic heterocycles. The van der Waals surface area contributed by atoms with Gasteiger partial charge in [-0.1, -0.05) is 11.6 Å². The highest BCUT2D eigenvalue weighted by atomic mass is 35.5. The zero-order valence-corrected chi connectivity index (χ0v) is 10.4. The van der Waals surface area contributed by atoms with Gasteiger partial charge in [-0.2, -0.15) is 0 Å². The van der Waals surface area contributed by atoms with Crippen LogP contribution in [0.25, 0.3) is 6.08 Å². The summed E-state index contributed by atoms with van der Waals surface area (Å²) in [5.74, 6) is -1.27. The SMILES string of the molecule is C/C(=C/Cl)COc1cc(F)cc(/C=C/C(=O)O)c1. The van der Waals surface area contributed by atoms with Crippen LogP contribution >= 0.6 is 11.6 Å². The van der Waals surface area contributed by atoms with Crippen molar-refractivity contribution in [2.24, 2.45) is 0 Å². The highest BCUT2D eigenvalue weighted by Gasteiger charge is 2.01. The molecule has 0 atom stereocenters. The van der Waals surface area contributed by atoms with Gasteiger partial charge in [0.05, 0.1) is 0 Å². The third-order valence-corrected chi connectivity index (χ3v) is 2.34. The van der Waals surface area contributed by atoms with E-state index in [-0.39, 0.29) is 6.61 Å². The lowest BCUT2D eigenvalue weighted by atomic mass is 10.2. The monoisotopic (exact) mass is 270 g/mol. The fourth-order valence-electron chi connectivity index (χ4n) is 1.16. The van der Waals surface area contributed by atoms with E-state index in [9.17, 15) is 9.18 Å². The van der Waals surface area contributed by atoms with Crippen LogP contribution < -0.4 is 4.74 Å². The number of hydrogen-bond acceptors (Lipinski definition) is 2. The number of hydrogen-bond donors (Lipinski definition) is 1. The van der Waals surface area contributed by atoms with E-state index in [2.05, 4.69) is 0 Å². The molecular formula is C13H12ClFO3. The first-order chi connectivity index (χ1) is 8.51. The molecule has 0 amide bonds. The Bertz CT molecular complexity index is 495. The van der Waals surface area contributed by atoms with Crippen molar-refractivity contribution >= 4 is 23.6 Å². The molecule has 1 aromatic rings. The molecule has 1 aromatic carbocycles. The Labute approximate surface area is 109 Å². The van der Waals surface area contributed by atoms with Gasteiger partial charge < -0.3 is 9.84 Å². The Morgan fingerprint density at radius 1 is 1.50 bits per heavy atom. The summed E-state index contributed by atoms with van der Waals surface area (Å²) < 4.78 is 18.6. The molecule has 0 fully saturated rings. The lowest BCUT2D eigenvalue weighted by Gasteiger charge is -2.07. The summed E-state index contributed by atoms with van der Waals surface area (Å²) in [6.45, 7) is 2.02. The summed E-state index contributed by atoms with van der Waals surface area (Å²) in [6, 6.07) is 3.99. The predicted octanol–water partition coefficient (Wildman–Crippen LogP) is 3.44. The maximum Gasteiger partial charge on any atom is 0.328 e. The van der Waals surface area contributed by atoms with E-state index in [1.165, 1.54) is 23.7 Å². The topological polar surface area (TPSA) is 46.5 Å². The lowest BCUT2D eigenvalue weighted by Crippen LogP contribution is -1.99. The van der Waals surface area contributed by atoms with Crippen molar-refractivity contribution in [1.29, 1.82) is 0 Å². The molecule has 0 aromatic heterocycles. The summed E-state index contributed by atoms with van der Waals surface area (Å²) in [5.41, 5.74) is 2.59. The van der Waals surface area contributed by atoms with Crippen molar-refractivity contribution in [3.8, 4) is 5.75 Å². The second kappa shape index (κ2) is 6.81. The number of halogens is 2. The maximum atomic E-state index is 13.3. The van der Waals surface area contributed by atoms with Crippen LogP contribution in [0.3, 0.4) is 0 Å². The van der Waals surface area contributed by atoms with E-state index >= 15 is 0 Å². The van der Waals surface area contributed by atoms with Crippen LogP contribution in [0.5, 0.6) is 5.75 Å². The molecule has 18 heavy (non-hydrogen) atoms. The number of aliphatic carboxylic acids is 1. The van der Waals surface area contributed by atoms with E-state index in [1.807, 2.05) is 0 Å². The van der Waals surface area contributed by atoms with Crippen LogP contribution in [-0.2, 0) is 4.79 Å². The summed E-state index contributed by atoms with van der Waals surface area (Å²) in [4.78, 5) is 10.4. The molecule has 1 N–H and O–H groups in total. The largest absolute Gasteiger partial charge is 0.489 e. The Hall–Kier alpha value is -1.81. The average molecular weight is 271 g/mol. The van der Waals surface area contributed by atoms with Crippen molar-refractivity contribution in [2.75, 3.05) is 6.61 Å². The minimum atomic E-state index is -1.09. The Morgan fingerprint density at radius 2 is 2.22 bits per heavy atom. The van der Waals surface area contributed by atoms with Crippen molar-refractivity contribution in [1.82, 2.24) is 0 Å². The molecule has 0 spiro atoms. The van der Waals surface area contributed by atoms with Gasteiger partial charge in [0.15, 0.2) is 0 Å². The van der Waals surface area contributed by atoms with Gasteiger partial charge in [-0.05, 0) is 36.3 Å². The smallest absolute Gasteiger partial charge is 0.328 e. The fraction of sp³-hybridized carbons (Fsp3) is 0.154. The molecule has 0 saturated carbocycles. The van der Waals surface area contributed by atoms with Gasteiger partial charge in [-0.3, -0.25) is 0 Å². The van der Waals surface area contributed by atoms with Gasteiger partial charge in [0.1, 0.15) is 18.2 Å². The summed E-state index contributed by atoms with van der Waals surface area (Å²) in [5, 5.41) is 8.49. The van der Waals surface area contributed by atoms with Crippen LogP contribution in [0.15, 0.2) is 35.4 Å². The standard InChI is InChI=1S/C13H12ClFO3/c1-9(7-14)8-18-12-5-10(2-3-13(16)17)4-11(15)6-12/h2-7H,8H2,1H3,(H,16,17)/b3-2+,9-7-. The van der Waals surface area contributed by atoms with E-state index < -0.39 is 11.8 Å². The number of rotatable bonds is 5. The third kappa shape index (κ3) is 5.01. The molecule has 0 aliphatic rings. The Kier molecular flexibility index (Phi) is 5.39. The molecule has 0 aliphatic carbocycles. The van der Waals surface area contributed by atoms with E-state index in [1.54, 1.807) is 13.0 Å². The fourth-order valence-corrected chi connectivity index (χ4v) is 1.22. The van der Waals surface area contributed by atoms with Gasteiger partial charge in [-0.15, -0.1) is 0 Å². The number of carbonyl (C=O) groups is 1. The zero-order valence-electron chi connectivity index (χ0n) is 9.69. The lowest BCUT2D eigenvalue weighted by molar-refractivity contribution is -0.131. The van der Waals surface area contributed by atoms with Gasteiger partial charge in [0.2, 0.25) is 0 Å². The Morgan fingerprint density at radius 3 is 2.83 bits per heavy atom. The first kappa shape index (κ1) is 14.3. The zero-order chi connectivity index (χ0) is 13.5. The molecule has 96 valence electrons. The number of ether oxygens (including phenoxy) is 1. The van der Waals surface area contributed by atoms with Gasteiger partial charge in [-0.25, -0.2) is 9.18 Å². The number of benzene rings is 1. The Balaban J connectivity index is 2.84. The second-order valence-electron chi connectivity index (χ2n) is 3.64. The molecule has 0 radical (unpaired) electrons. The predicted molar refractivity (Wildman–Crippen MR) is 68.2 cm³/mol. The number of carboxylic acid groups (broad SMARTS) is 1. The van der Waals surface area contributed by atoms with Crippen LogP contribution in [-0.4, -0.2) is 17.7 Å². The van der Waals surface area contributed by atoms with E-state index in [4.69, 9.17) is 21.4 Å². The number of carboxylic acids is 1. The van der Waals surface area contributed by atoms with E-state index in [0.29, 0.717) is 11.3 Å². The minimum absolute atomic E-state index is 0.245. The van der Waals surface area contributed by atoms with Gasteiger partial charge >= 0.3 is 5.97 Å². The highest BCUT2D eigenvalue weighted by molar-refractivity contribution is 6.25. The third-order valence-electron chi connectivity index (χ3n) is 1.96. The van der Waals surface area contributed by atoms with Gasteiger partial charge in [0.25, 0.3) is 0 Å². The molecular weight excluding hydrogens is 259 g/mol. The molecule has 5 heteroatoms. The summed E-state index contributed by atoms with van der Waals surface area (Å²) in [6.07, 6.45) is 2.23. The van der Waals surface area contributed by atoms with E-state index in [0.717, 1.165) is 11.6 Å². The average Bonchev–Trinajstić information content (AvgIpc) is 2.33. The van der Waals surface area contributed by atoms with Crippen LogP contribution in [0.2, 0.25) is 0 Å². The summed E-state index contributed by atoms with van der Waals surface area (Å²) >= 11 is 5.47. The highest BCUT2D eigenvalue weighted by Crippen LogP contribution is 2.18. The minimum Gasteiger partial charge on any atom is -0.489 e. The molecule has 0 bridgehead atoms. The molecule has 3 nitrogen and oxygen atoms in total. The normalized spacial score (nSPS) is 11.8. The van der Waals surface area contributed by atoms with Crippen LogP contribution in [0.4, 0.5) is 4.39 Å². The van der Waals surface area contributed by atoms with Crippen molar-refractivity contribution < 1.29 is 19.0 Å². The van der Waals surface area contributed by atoms with Crippen LogP contribution in [0, 0.1) is 5.82 Å². The van der Waals surface area contributed by atoms with Gasteiger partial charge in [0, 0.05) is 17.7 Å². The molecule has 0 unspecified atom stereocenters. The molecule has 0 saturated heterocycles. The van der Waals surface area contributed by atoms with Crippen molar-refractivity contribution in [3.63, 3.8) is 0 Å². The summed E-state index contributed by atoms with van der Waals surface area (Å²) in [7, 11) is 0. The second-order valence-corrected chi connectivity index (χ2v) is 3.85. The molecule has 1 rings (SSSR count). The first-order valence-electron chi connectivity index (χ1n) is 5.11. The van der Waals surface area contributed by atoms with Crippen molar-refractivity contribution in [2.45, 2.75) is 6.92 Å². The maximum absolute atomic E-state index is 13.3. The van der Waals surface area contributed by atoms with Crippen LogP contribution in [0.1, 0.15) is 12.5 Å².